The van der Waals surface area contributed by atoms with Crippen LogP contribution in [0.15, 0.2) is 18.2 Å². The summed E-state index contributed by atoms with van der Waals surface area (Å²) in [5.41, 5.74) is 2.10. The molecule has 0 N–H and O–H groups in total. The van der Waals surface area contributed by atoms with Crippen LogP contribution in [-0.4, -0.2) is 56.7 Å². The molecule has 0 unspecified atom stereocenters. The number of hydrogen-bond donors (Lipinski definition) is 0. The number of carbonyl (C=O) groups excluding carboxylic acids is 2. The van der Waals surface area contributed by atoms with E-state index in [0.717, 1.165) is 42.9 Å². The molecule has 26 heavy (non-hydrogen) atoms. The van der Waals surface area contributed by atoms with Gasteiger partial charge in [-0.3, -0.25) is 14.5 Å². The number of esters is 1. The Bertz CT molecular complexity index is 657. The van der Waals surface area contributed by atoms with Crippen LogP contribution >= 0.6 is 0 Å². The largest absolute Gasteiger partial charge is 0.497 e. The first kappa shape index (κ1) is 18.7. The lowest BCUT2D eigenvalue weighted by Gasteiger charge is -2.32. The second kappa shape index (κ2) is 8.54. The highest BCUT2D eigenvalue weighted by atomic mass is 16.5. The smallest absolute Gasteiger partial charge is 0.320 e. The van der Waals surface area contributed by atoms with Gasteiger partial charge in [-0.05, 0) is 62.3 Å². The molecule has 1 aliphatic heterocycles. The van der Waals surface area contributed by atoms with E-state index in [-0.39, 0.29) is 25.0 Å². The van der Waals surface area contributed by atoms with E-state index in [1.54, 1.807) is 14.0 Å². The highest BCUT2D eigenvalue weighted by Gasteiger charge is 2.29. The highest BCUT2D eigenvalue weighted by Crippen LogP contribution is 2.32. The van der Waals surface area contributed by atoms with Crippen molar-refractivity contribution in [3.63, 3.8) is 0 Å². The second-order valence-corrected chi connectivity index (χ2v) is 7.06. The zero-order valence-electron chi connectivity index (χ0n) is 15.7. The van der Waals surface area contributed by atoms with Crippen molar-refractivity contribution in [1.82, 2.24) is 4.90 Å². The van der Waals surface area contributed by atoms with Gasteiger partial charge in [0.15, 0.2) is 0 Å². The van der Waals surface area contributed by atoms with Crippen LogP contribution in [0.2, 0.25) is 0 Å². The van der Waals surface area contributed by atoms with Gasteiger partial charge in [-0.25, -0.2) is 0 Å². The van der Waals surface area contributed by atoms with E-state index in [4.69, 9.17) is 9.47 Å². The molecule has 1 heterocycles. The predicted molar refractivity (Wildman–Crippen MR) is 99.5 cm³/mol. The molecule has 1 aromatic rings. The third-order valence-corrected chi connectivity index (χ3v) is 4.94. The van der Waals surface area contributed by atoms with Crippen molar-refractivity contribution in [2.75, 3.05) is 44.8 Å². The summed E-state index contributed by atoms with van der Waals surface area (Å²) in [5.74, 6) is 1.21. The number of benzene rings is 1. The molecule has 0 saturated heterocycles. The van der Waals surface area contributed by atoms with E-state index in [0.29, 0.717) is 12.5 Å². The minimum atomic E-state index is -0.260. The third-order valence-electron chi connectivity index (χ3n) is 4.94. The van der Waals surface area contributed by atoms with Gasteiger partial charge in [0.2, 0.25) is 5.91 Å². The summed E-state index contributed by atoms with van der Waals surface area (Å²) in [6.07, 6.45) is 4.25. The molecule has 0 spiro atoms. The lowest BCUT2D eigenvalue weighted by atomic mass is 10.0. The van der Waals surface area contributed by atoms with Gasteiger partial charge < -0.3 is 14.4 Å². The average molecular weight is 360 g/mol. The lowest BCUT2D eigenvalue weighted by molar-refractivity contribution is -0.144. The number of nitrogens with zero attached hydrogens (tertiary/aromatic N) is 2. The van der Waals surface area contributed by atoms with Gasteiger partial charge in [-0.2, -0.15) is 0 Å². The number of carbonyl (C=O) groups is 2. The average Bonchev–Trinajstić information content (AvgIpc) is 3.44. The van der Waals surface area contributed by atoms with Gasteiger partial charge in [0.05, 0.1) is 26.8 Å². The van der Waals surface area contributed by atoms with Crippen LogP contribution in [0.4, 0.5) is 5.69 Å². The SMILES string of the molecule is CCOC(=O)CN(CC(=O)N1CCCc2cc(OC)ccc21)CC1CC1. The summed E-state index contributed by atoms with van der Waals surface area (Å²) in [6.45, 7) is 4.10. The van der Waals surface area contributed by atoms with Crippen LogP contribution < -0.4 is 9.64 Å². The Morgan fingerprint density at radius 1 is 1.27 bits per heavy atom. The number of rotatable bonds is 8. The normalized spacial score (nSPS) is 16.3. The fourth-order valence-corrected chi connectivity index (χ4v) is 3.48. The maximum atomic E-state index is 13.0. The standard InChI is InChI=1S/C20H28N2O4/c1-3-26-20(24)14-21(12-15-6-7-15)13-19(23)22-10-4-5-16-11-17(25-2)8-9-18(16)22/h8-9,11,15H,3-7,10,12-14H2,1-2H3. The predicted octanol–water partition coefficient (Wildman–Crippen LogP) is 2.25. The van der Waals surface area contributed by atoms with Crippen molar-refractivity contribution >= 4 is 17.6 Å². The fraction of sp³-hybridized carbons (Fsp3) is 0.600. The molecule has 1 aromatic carbocycles. The van der Waals surface area contributed by atoms with E-state index in [9.17, 15) is 9.59 Å². The first-order valence-corrected chi connectivity index (χ1v) is 9.46. The molecule has 1 saturated carbocycles. The molecule has 1 aliphatic carbocycles. The molecular formula is C20H28N2O4. The summed E-state index contributed by atoms with van der Waals surface area (Å²) in [7, 11) is 1.65. The van der Waals surface area contributed by atoms with Crippen molar-refractivity contribution in [2.24, 2.45) is 5.92 Å². The van der Waals surface area contributed by atoms with E-state index in [1.807, 2.05) is 28.0 Å². The maximum absolute atomic E-state index is 13.0. The molecule has 0 aromatic heterocycles. The topological polar surface area (TPSA) is 59.1 Å². The van der Waals surface area contributed by atoms with Crippen LogP contribution in [0.25, 0.3) is 0 Å². The van der Waals surface area contributed by atoms with Crippen molar-refractivity contribution < 1.29 is 19.1 Å². The van der Waals surface area contributed by atoms with Crippen molar-refractivity contribution in [2.45, 2.75) is 32.6 Å². The molecule has 2 aliphatic rings. The quantitative estimate of drug-likeness (QED) is 0.666. The number of aryl methyl sites for hydroxylation is 1. The van der Waals surface area contributed by atoms with Gasteiger partial charge in [0.25, 0.3) is 0 Å². The Labute approximate surface area is 155 Å². The minimum absolute atomic E-state index is 0.0427. The van der Waals surface area contributed by atoms with Crippen molar-refractivity contribution in [3.05, 3.63) is 23.8 Å². The van der Waals surface area contributed by atoms with Crippen molar-refractivity contribution in [1.29, 1.82) is 0 Å². The minimum Gasteiger partial charge on any atom is -0.497 e. The summed E-state index contributed by atoms with van der Waals surface area (Å²) < 4.78 is 10.4. The molecule has 6 nitrogen and oxygen atoms in total. The molecule has 3 rings (SSSR count). The first-order valence-electron chi connectivity index (χ1n) is 9.46. The summed E-state index contributed by atoms with van der Waals surface area (Å²) in [6, 6.07) is 5.86. The summed E-state index contributed by atoms with van der Waals surface area (Å²) in [5, 5.41) is 0. The highest BCUT2D eigenvalue weighted by molar-refractivity contribution is 5.96. The van der Waals surface area contributed by atoms with Crippen LogP contribution in [0.1, 0.15) is 31.7 Å². The third kappa shape index (κ3) is 4.75. The van der Waals surface area contributed by atoms with Crippen LogP contribution in [0, 0.1) is 5.92 Å². The number of amides is 1. The number of methoxy groups -OCH3 is 1. The molecule has 0 atom stereocenters. The Kier molecular flexibility index (Phi) is 6.14. The van der Waals surface area contributed by atoms with E-state index in [2.05, 4.69) is 0 Å². The summed E-state index contributed by atoms with van der Waals surface area (Å²) in [4.78, 5) is 28.6. The first-order chi connectivity index (χ1) is 12.6. The number of fused-ring (bicyclic) bond motifs is 1. The molecule has 0 radical (unpaired) electrons. The van der Waals surface area contributed by atoms with Gasteiger partial charge >= 0.3 is 5.97 Å². The Hall–Kier alpha value is -2.08. The Morgan fingerprint density at radius 2 is 2.08 bits per heavy atom. The molecule has 0 bridgehead atoms. The van der Waals surface area contributed by atoms with Gasteiger partial charge in [0.1, 0.15) is 5.75 Å². The number of ether oxygens (including phenoxy) is 2. The van der Waals surface area contributed by atoms with Crippen molar-refractivity contribution in [3.8, 4) is 5.75 Å². The number of hydrogen-bond acceptors (Lipinski definition) is 5. The zero-order valence-corrected chi connectivity index (χ0v) is 15.7. The van der Waals surface area contributed by atoms with Crippen LogP contribution in [0.5, 0.6) is 5.75 Å². The Morgan fingerprint density at radius 3 is 2.77 bits per heavy atom. The Balaban J connectivity index is 1.68. The van der Waals surface area contributed by atoms with E-state index >= 15 is 0 Å². The second-order valence-electron chi connectivity index (χ2n) is 7.06. The van der Waals surface area contributed by atoms with Crippen LogP contribution in [-0.2, 0) is 20.7 Å². The number of anilines is 1. The lowest BCUT2D eigenvalue weighted by Crippen LogP contribution is -2.45. The molecule has 1 amide bonds. The van der Waals surface area contributed by atoms with Crippen LogP contribution in [0.3, 0.4) is 0 Å². The van der Waals surface area contributed by atoms with Gasteiger partial charge in [0, 0.05) is 18.8 Å². The zero-order chi connectivity index (χ0) is 18.5. The summed E-state index contributed by atoms with van der Waals surface area (Å²) >= 11 is 0. The maximum Gasteiger partial charge on any atom is 0.320 e. The molecular weight excluding hydrogens is 332 g/mol. The van der Waals surface area contributed by atoms with E-state index < -0.39 is 0 Å². The molecule has 1 fully saturated rings. The van der Waals surface area contributed by atoms with Gasteiger partial charge in [-0.15, -0.1) is 0 Å². The molecule has 142 valence electrons. The fourth-order valence-electron chi connectivity index (χ4n) is 3.48. The van der Waals surface area contributed by atoms with E-state index in [1.165, 1.54) is 12.8 Å². The molecule has 6 heteroatoms. The van der Waals surface area contributed by atoms with Gasteiger partial charge in [-0.1, -0.05) is 0 Å². The monoisotopic (exact) mass is 360 g/mol.